The van der Waals surface area contributed by atoms with E-state index >= 15 is 0 Å². The number of hydrogen-bond acceptors (Lipinski definition) is 5. The highest BCUT2D eigenvalue weighted by Gasteiger charge is 2.01. The highest BCUT2D eigenvalue weighted by Crippen LogP contribution is 2.14. The lowest BCUT2D eigenvalue weighted by Gasteiger charge is -2.03. The van der Waals surface area contributed by atoms with Crippen LogP contribution in [0.25, 0.3) is 0 Å². The first-order valence-corrected chi connectivity index (χ1v) is 2.34. The molecule has 0 saturated carbocycles. The number of nitrogens with zero attached hydrogens (tertiary/aromatic N) is 2. The van der Waals surface area contributed by atoms with Gasteiger partial charge in [-0.2, -0.15) is 0 Å². The summed E-state index contributed by atoms with van der Waals surface area (Å²) in [7, 11) is 1.59. The summed E-state index contributed by atoms with van der Waals surface area (Å²) in [6.45, 7) is 0. The minimum absolute atomic E-state index is 0.234. The summed E-state index contributed by atoms with van der Waals surface area (Å²) in [5.41, 5.74) is 0. The zero-order valence-electron chi connectivity index (χ0n) is 4.90. The molecule has 0 saturated heterocycles. The molecular weight excluding hydrogens is 122 g/mol. The van der Waals surface area contributed by atoms with E-state index < -0.39 is 0 Å². The van der Waals surface area contributed by atoms with Gasteiger partial charge in [-0.3, -0.25) is 5.01 Å². The fraction of sp³-hybridized carbons (Fsp3) is 0.250. The minimum Gasteiger partial charge on any atom is -0.479 e. The maximum Gasteiger partial charge on any atom is 0.310 e. The number of anilines is 1. The SMILES string of the molecule is CN(N)c1cc(O)on1. The van der Waals surface area contributed by atoms with Crippen LogP contribution in [0.5, 0.6) is 5.95 Å². The summed E-state index contributed by atoms with van der Waals surface area (Å²) in [6.07, 6.45) is 0. The third-order valence-electron chi connectivity index (χ3n) is 0.847. The lowest BCUT2D eigenvalue weighted by atomic mass is 10.6. The molecule has 0 fully saturated rings. The van der Waals surface area contributed by atoms with Gasteiger partial charge in [0.1, 0.15) is 0 Å². The van der Waals surface area contributed by atoms with Gasteiger partial charge in [0.05, 0.1) is 6.07 Å². The monoisotopic (exact) mass is 129 g/mol. The minimum atomic E-state index is -0.234. The average Bonchev–Trinajstić information content (AvgIpc) is 2.14. The molecule has 3 N–H and O–H groups in total. The van der Waals surface area contributed by atoms with E-state index in [4.69, 9.17) is 10.9 Å². The van der Waals surface area contributed by atoms with E-state index in [0.717, 1.165) is 0 Å². The van der Waals surface area contributed by atoms with Crippen molar-refractivity contribution in [3.63, 3.8) is 0 Å². The first-order chi connectivity index (χ1) is 4.20. The van der Waals surface area contributed by atoms with Gasteiger partial charge in [0.25, 0.3) is 0 Å². The molecule has 0 aliphatic rings. The van der Waals surface area contributed by atoms with Crippen molar-refractivity contribution >= 4 is 5.82 Å². The van der Waals surface area contributed by atoms with Crippen molar-refractivity contribution in [2.24, 2.45) is 5.84 Å². The van der Waals surface area contributed by atoms with Gasteiger partial charge >= 0.3 is 5.95 Å². The summed E-state index contributed by atoms with van der Waals surface area (Å²) in [6, 6.07) is 1.32. The largest absolute Gasteiger partial charge is 0.479 e. The summed E-state index contributed by atoms with van der Waals surface area (Å²) >= 11 is 0. The molecule has 0 spiro atoms. The summed E-state index contributed by atoms with van der Waals surface area (Å²) in [5.74, 6) is 5.39. The molecule has 0 unspecified atom stereocenters. The van der Waals surface area contributed by atoms with E-state index in [9.17, 15) is 0 Å². The molecule has 5 nitrogen and oxygen atoms in total. The predicted octanol–water partition coefficient (Wildman–Crippen LogP) is -0.310. The van der Waals surface area contributed by atoms with Gasteiger partial charge in [-0.1, -0.05) is 5.16 Å². The standard InChI is InChI=1S/C4H7N3O2/c1-7(5)3-2-4(8)9-6-3/h2,8H,5H2,1H3. The fourth-order valence-electron chi connectivity index (χ4n) is 0.423. The van der Waals surface area contributed by atoms with E-state index in [1.165, 1.54) is 11.1 Å². The first-order valence-electron chi connectivity index (χ1n) is 2.34. The van der Waals surface area contributed by atoms with Crippen LogP contribution in [0.1, 0.15) is 0 Å². The van der Waals surface area contributed by atoms with Crippen molar-refractivity contribution in [3.05, 3.63) is 6.07 Å². The zero-order chi connectivity index (χ0) is 6.85. The number of hydrogen-bond donors (Lipinski definition) is 2. The molecule has 0 amide bonds. The molecule has 0 aliphatic heterocycles. The second-order valence-corrected chi connectivity index (χ2v) is 1.63. The maximum atomic E-state index is 8.59. The van der Waals surface area contributed by atoms with Crippen molar-refractivity contribution < 1.29 is 9.63 Å². The van der Waals surface area contributed by atoms with E-state index in [2.05, 4.69) is 9.68 Å². The number of nitrogens with two attached hydrogens (primary N) is 1. The van der Waals surface area contributed by atoms with Crippen molar-refractivity contribution in [1.29, 1.82) is 0 Å². The molecular formula is C4H7N3O2. The first kappa shape index (κ1) is 5.90. The van der Waals surface area contributed by atoms with Crippen LogP contribution in [0.15, 0.2) is 10.6 Å². The van der Waals surface area contributed by atoms with E-state index in [1.54, 1.807) is 7.05 Å². The van der Waals surface area contributed by atoms with Crippen LogP contribution in [-0.4, -0.2) is 17.3 Å². The molecule has 9 heavy (non-hydrogen) atoms. The molecule has 0 bridgehead atoms. The smallest absolute Gasteiger partial charge is 0.310 e. The Hall–Kier alpha value is -1.23. The van der Waals surface area contributed by atoms with Crippen molar-refractivity contribution in [1.82, 2.24) is 5.16 Å². The van der Waals surface area contributed by atoms with Crippen LogP contribution in [0, 0.1) is 0 Å². The van der Waals surface area contributed by atoms with Crippen LogP contribution in [-0.2, 0) is 0 Å². The Kier molecular flexibility index (Phi) is 1.27. The second kappa shape index (κ2) is 1.94. The molecule has 0 aliphatic carbocycles. The van der Waals surface area contributed by atoms with Gasteiger partial charge in [-0.05, 0) is 0 Å². The zero-order valence-corrected chi connectivity index (χ0v) is 4.90. The van der Waals surface area contributed by atoms with Gasteiger partial charge in [-0.15, -0.1) is 0 Å². The van der Waals surface area contributed by atoms with Gasteiger partial charge in [-0.25, -0.2) is 5.84 Å². The van der Waals surface area contributed by atoms with E-state index in [-0.39, 0.29) is 5.95 Å². The summed E-state index contributed by atoms with van der Waals surface area (Å²) < 4.78 is 4.31. The molecule has 0 atom stereocenters. The Morgan fingerprint density at radius 2 is 2.56 bits per heavy atom. The molecule has 1 heterocycles. The van der Waals surface area contributed by atoms with Gasteiger partial charge in [0, 0.05) is 7.05 Å². The Labute approximate surface area is 51.6 Å². The summed E-state index contributed by atoms with van der Waals surface area (Å²) in [4.78, 5) is 0. The molecule has 0 aromatic carbocycles. The third kappa shape index (κ3) is 1.11. The van der Waals surface area contributed by atoms with Crippen LogP contribution in [0.4, 0.5) is 5.82 Å². The average molecular weight is 129 g/mol. The third-order valence-corrected chi connectivity index (χ3v) is 0.847. The molecule has 5 heteroatoms. The van der Waals surface area contributed by atoms with Crippen molar-refractivity contribution in [3.8, 4) is 5.95 Å². The molecule has 1 rings (SSSR count). The highest BCUT2D eigenvalue weighted by molar-refractivity contribution is 5.35. The van der Waals surface area contributed by atoms with Crippen molar-refractivity contribution in [2.45, 2.75) is 0 Å². The normalized spacial score (nSPS) is 9.56. The Balaban J connectivity index is 2.85. The number of hydrazine groups is 1. The molecule has 1 aromatic rings. The van der Waals surface area contributed by atoms with Crippen LogP contribution in [0.2, 0.25) is 0 Å². The number of aromatic hydroxyl groups is 1. The molecule has 1 aromatic heterocycles. The van der Waals surface area contributed by atoms with E-state index in [0.29, 0.717) is 5.82 Å². The quantitative estimate of drug-likeness (QED) is 0.402. The number of rotatable bonds is 1. The topological polar surface area (TPSA) is 75.5 Å². The van der Waals surface area contributed by atoms with Crippen LogP contribution >= 0.6 is 0 Å². The Bertz CT molecular complexity index is 195. The van der Waals surface area contributed by atoms with Gasteiger partial charge in [0.2, 0.25) is 0 Å². The van der Waals surface area contributed by atoms with Crippen LogP contribution in [0.3, 0.4) is 0 Å². The molecule has 50 valence electrons. The van der Waals surface area contributed by atoms with E-state index in [1.807, 2.05) is 0 Å². The fourth-order valence-corrected chi connectivity index (χ4v) is 0.423. The molecule has 0 radical (unpaired) electrons. The Morgan fingerprint density at radius 1 is 1.89 bits per heavy atom. The lowest BCUT2D eigenvalue weighted by Crippen LogP contribution is -2.25. The Morgan fingerprint density at radius 3 is 2.78 bits per heavy atom. The van der Waals surface area contributed by atoms with Gasteiger partial charge in [0.15, 0.2) is 5.82 Å². The lowest BCUT2D eigenvalue weighted by molar-refractivity contribution is 0.278. The van der Waals surface area contributed by atoms with Gasteiger partial charge < -0.3 is 9.63 Å². The highest BCUT2D eigenvalue weighted by atomic mass is 16.5. The second-order valence-electron chi connectivity index (χ2n) is 1.63. The summed E-state index contributed by atoms with van der Waals surface area (Å²) in [5, 5.41) is 13.2. The predicted molar refractivity (Wildman–Crippen MR) is 30.8 cm³/mol. The number of aromatic nitrogens is 1. The van der Waals surface area contributed by atoms with Crippen molar-refractivity contribution in [2.75, 3.05) is 12.1 Å². The maximum absolute atomic E-state index is 8.59. The van der Waals surface area contributed by atoms with Crippen LogP contribution < -0.4 is 10.9 Å².